The van der Waals surface area contributed by atoms with Crippen molar-refractivity contribution in [2.24, 2.45) is 0 Å². The van der Waals surface area contributed by atoms with E-state index >= 15 is 0 Å². The molecule has 37 heavy (non-hydrogen) atoms. The number of anilines is 1. The molecule has 1 aliphatic carbocycles. The molecule has 1 N–H and O–H groups in total. The SMILES string of the molecule is C[C@H](C(=O)NC1CCCC1)N(Cc1c(Cl)cccc1Cl)C(=O)CCCN(c1ccc(Cl)cc1)S(C)(=O)=O. The molecule has 0 aromatic heterocycles. The van der Waals surface area contributed by atoms with Crippen LogP contribution in [-0.2, 0) is 26.2 Å². The molecule has 1 saturated carbocycles. The first-order valence-corrected chi connectivity index (χ1v) is 15.2. The Morgan fingerprint density at radius 1 is 1.03 bits per heavy atom. The Kier molecular flexibility index (Phi) is 10.5. The van der Waals surface area contributed by atoms with Crippen molar-refractivity contribution in [1.29, 1.82) is 0 Å². The van der Waals surface area contributed by atoms with Crippen LogP contribution >= 0.6 is 34.8 Å². The summed E-state index contributed by atoms with van der Waals surface area (Å²) in [6.07, 6.45) is 5.39. The highest BCUT2D eigenvalue weighted by Gasteiger charge is 2.29. The van der Waals surface area contributed by atoms with Crippen LogP contribution in [0.15, 0.2) is 42.5 Å². The lowest BCUT2D eigenvalue weighted by molar-refractivity contribution is -0.140. The van der Waals surface area contributed by atoms with Gasteiger partial charge in [0.1, 0.15) is 6.04 Å². The zero-order valence-electron chi connectivity index (χ0n) is 20.9. The van der Waals surface area contributed by atoms with Crippen molar-refractivity contribution < 1.29 is 18.0 Å². The molecule has 202 valence electrons. The van der Waals surface area contributed by atoms with E-state index in [9.17, 15) is 18.0 Å². The molecule has 0 bridgehead atoms. The molecule has 7 nitrogen and oxygen atoms in total. The number of benzene rings is 2. The largest absolute Gasteiger partial charge is 0.352 e. The molecule has 0 aliphatic heterocycles. The van der Waals surface area contributed by atoms with E-state index < -0.39 is 16.1 Å². The number of halogens is 3. The maximum absolute atomic E-state index is 13.4. The van der Waals surface area contributed by atoms with E-state index in [0.717, 1.165) is 31.9 Å². The number of carbonyl (C=O) groups is 2. The average molecular weight is 589 g/mol. The molecule has 3 rings (SSSR count). The minimum atomic E-state index is -3.59. The van der Waals surface area contributed by atoms with Gasteiger partial charge in [-0.15, -0.1) is 0 Å². The Morgan fingerprint density at radius 3 is 2.19 bits per heavy atom. The maximum atomic E-state index is 13.4. The first-order chi connectivity index (χ1) is 17.5. The quantitative estimate of drug-likeness (QED) is 0.367. The van der Waals surface area contributed by atoms with Crippen molar-refractivity contribution in [2.75, 3.05) is 17.1 Å². The Hall–Kier alpha value is -2.00. The van der Waals surface area contributed by atoms with E-state index in [-0.39, 0.29) is 43.8 Å². The van der Waals surface area contributed by atoms with Gasteiger partial charge < -0.3 is 10.2 Å². The van der Waals surface area contributed by atoms with E-state index in [4.69, 9.17) is 34.8 Å². The molecule has 0 saturated heterocycles. The van der Waals surface area contributed by atoms with Gasteiger partial charge in [-0.3, -0.25) is 13.9 Å². The van der Waals surface area contributed by atoms with Gasteiger partial charge in [0.2, 0.25) is 21.8 Å². The van der Waals surface area contributed by atoms with Crippen LogP contribution in [0.4, 0.5) is 5.69 Å². The first kappa shape index (κ1) is 29.6. The summed E-state index contributed by atoms with van der Waals surface area (Å²) in [5.41, 5.74) is 1.02. The summed E-state index contributed by atoms with van der Waals surface area (Å²) in [7, 11) is -3.59. The molecule has 0 unspecified atom stereocenters. The lowest BCUT2D eigenvalue weighted by atomic mass is 10.1. The number of nitrogens with zero attached hydrogens (tertiary/aromatic N) is 2. The number of carbonyl (C=O) groups excluding carboxylic acids is 2. The summed E-state index contributed by atoms with van der Waals surface area (Å²) in [5, 5.41) is 4.35. The molecule has 1 aliphatic rings. The highest BCUT2D eigenvalue weighted by molar-refractivity contribution is 7.92. The van der Waals surface area contributed by atoms with Crippen LogP contribution in [0.5, 0.6) is 0 Å². The second-order valence-electron chi connectivity index (χ2n) is 9.30. The van der Waals surface area contributed by atoms with E-state index in [0.29, 0.717) is 26.3 Å². The minimum Gasteiger partial charge on any atom is -0.352 e. The topological polar surface area (TPSA) is 86.8 Å². The van der Waals surface area contributed by atoms with E-state index in [1.807, 2.05) is 0 Å². The van der Waals surface area contributed by atoms with Crippen molar-refractivity contribution in [1.82, 2.24) is 10.2 Å². The molecular weight excluding hydrogens is 557 g/mol. The van der Waals surface area contributed by atoms with Gasteiger partial charge in [0.25, 0.3) is 0 Å². The molecule has 2 aromatic rings. The van der Waals surface area contributed by atoms with Crippen LogP contribution in [0.3, 0.4) is 0 Å². The lowest BCUT2D eigenvalue weighted by Gasteiger charge is -2.30. The van der Waals surface area contributed by atoms with Crippen molar-refractivity contribution in [3.63, 3.8) is 0 Å². The zero-order valence-corrected chi connectivity index (χ0v) is 24.0. The fraction of sp³-hybridized carbons (Fsp3) is 0.462. The summed E-state index contributed by atoms with van der Waals surface area (Å²) in [6.45, 7) is 1.84. The van der Waals surface area contributed by atoms with Gasteiger partial charge in [-0.2, -0.15) is 0 Å². The van der Waals surface area contributed by atoms with Crippen molar-refractivity contribution in [3.05, 3.63) is 63.1 Å². The summed E-state index contributed by atoms with van der Waals surface area (Å²) in [6, 6.07) is 10.9. The second kappa shape index (κ2) is 13.2. The lowest BCUT2D eigenvalue weighted by Crippen LogP contribution is -2.49. The Balaban J connectivity index is 1.75. The predicted octanol–water partition coefficient (Wildman–Crippen LogP) is 5.67. The van der Waals surface area contributed by atoms with Crippen molar-refractivity contribution in [2.45, 2.75) is 64.1 Å². The fourth-order valence-electron chi connectivity index (χ4n) is 4.44. The van der Waals surface area contributed by atoms with E-state index in [1.165, 1.54) is 9.21 Å². The van der Waals surface area contributed by atoms with Crippen LogP contribution in [0, 0.1) is 0 Å². The third-order valence-corrected chi connectivity index (χ3v) is 8.68. The molecule has 1 atom stereocenters. The summed E-state index contributed by atoms with van der Waals surface area (Å²) in [4.78, 5) is 28.0. The number of amides is 2. The number of sulfonamides is 1. The molecule has 2 amide bonds. The molecule has 1 fully saturated rings. The smallest absolute Gasteiger partial charge is 0.242 e. The van der Waals surface area contributed by atoms with Gasteiger partial charge in [-0.25, -0.2) is 8.42 Å². The number of rotatable bonds is 11. The van der Waals surface area contributed by atoms with Crippen molar-refractivity contribution in [3.8, 4) is 0 Å². The molecule has 0 spiro atoms. The van der Waals surface area contributed by atoms with Gasteiger partial charge in [0.05, 0.1) is 11.9 Å². The van der Waals surface area contributed by atoms with E-state index in [2.05, 4.69) is 5.32 Å². The van der Waals surface area contributed by atoms with Crippen LogP contribution in [0.2, 0.25) is 15.1 Å². The molecule has 0 radical (unpaired) electrons. The van der Waals surface area contributed by atoms with Crippen molar-refractivity contribution >= 4 is 62.3 Å². The number of hydrogen-bond donors (Lipinski definition) is 1. The standard InChI is InChI=1S/C26H32Cl3N3O4S/c1-18(26(34)30-20-7-3-4-8-20)31(17-22-23(28)9-5-10-24(22)29)25(33)11-6-16-32(37(2,35)36)21-14-12-19(27)13-15-21/h5,9-10,12-15,18,20H,3-4,6-8,11,16-17H2,1-2H3,(H,30,34)/t18-/m1/s1. The predicted molar refractivity (Wildman–Crippen MR) is 150 cm³/mol. The van der Waals surface area contributed by atoms with Crippen LogP contribution in [0.1, 0.15) is 51.0 Å². The van der Waals surface area contributed by atoms with Gasteiger partial charge in [-0.1, -0.05) is 53.7 Å². The van der Waals surface area contributed by atoms with Gasteiger partial charge in [0, 0.05) is 46.2 Å². The van der Waals surface area contributed by atoms with Crippen LogP contribution in [-0.4, -0.2) is 50.0 Å². The Bertz CT molecular complexity index is 1180. The molecular formula is C26H32Cl3N3O4S. The molecule has 11 heteroatoms. The monoisotopic (exact) mass is 587 g/mol. The van der Waals surface area contributed by atoms with Gasteiger partial charge >= 0.3 is 0 Å². The van der Waals surface area contributed by atoms with E-state index in [1.54, 1.807) is 49.4 Å². The normalized spacial score (nSPS) is 14.8. The third-order valence-electron chi connectivity index (χ3n) is 6.53. The highest BCUT2D eigenvalue weighted by atomic mass is 35.5. The second-order valence-corrected chi connectivity index (χ2v) is 12.5. The molecule has 2 aromatic carbocycles. The number of hydrogen-bond acceptors (Lipinski definition) is 4. The minimum absolute atomic E-state index is 0.0305. The van der Waals surface area contributed by atoms with Crippen LogP contribution in [0.25, 0.3) is 0 Å². The first-order valence-electron chi connectivity index (χ1n) is 12.2. The summed E-state index contributed by atoms with van der Waals surface area (Å²) >= 11 is 18.7. The zero-order chi connectivity index (χ0) is 27.2. The van der Waals surface area contributed by atoms with Crippen LogP contribution < -0.4 is 9.62 Å². The molecule has 0 heterocycles. The highest BCUT2D eigenvalue weighted by Crippen LogP contribution is 2.27. The summed E-state index contributed by atoms with van der Waals surface area (Å²) < 4.78 is 26.1. The summed E-state index contributed by atoms with van der Waals surface area (Å²) in [5.74, 6) is -0.531. The third kappa shape index (κ3) is 8.24. The maximum Gasteiger partial charge on any atom is 0.242 e. The average Bonchev–Trinajstić information content (AvgIpc) is 3.34. The number of nitrogens with one attached hydrogen (secondary N) is 1. The fourth-order valence-corrected chi connectivity index (χ4v) is 6.05. The Morgan fingerprint density at radius 2 is 1.62 bits per heavy atom. The van der Waals surface area contributed by atoms with Gasteiger partial charge in [0.15, 0.2) is 0 Å². The van der Waals surface area contributed by atoms with Gasteiger partial charge in [-0.05, 0) is 62.6 Å². The Labute approximate surface area is 234 Å².